The van der Waals surface area contributed by atoms with Crippen molar-refractivity contribution in [3.05, 3.63) is 45.4 Å². The lowest BCUT2D eigenvalue weighted by atomic mass is 10.1. The Morgan fingerprint density at radius 1 is 1.28 bits per heavy atom. The smallest absolute Gasteiger partial charge is 0.160 e. The SMILES string of the molecule is Cc1nc(-c2ccc(F)c(Br)c2)nc(C#N)c1C. The van der Waals surface area contributed by atoms with Crippen molar-refractivity contribution in [1.29, 1.82) is 5.26 Å². The third-order valence-electron chi connectivity index (χ3n) is 2.67. The number of aryl methyl sites for hydroxylation is 1. The van der Waals surface area contributed by atoms with Gasteiger partial charge in [0, 0.05) is 16.8 Å². The summed E-state index contributed by atoms with van der Waals surface area (Å²) in [6.07, 6.45) is 0. The van der Waals surface area contributed by atoms with Crippen LogP contribution in [0.1, 0.15) is 17.0 Å². The molecule has 1 aromatic carbocycles. The van der Waals surface area contributed by atoms with E-state index in [0.29, 0.717) is 21.6 Å². The fourth-order valence-electron chi connectivity index (χ4n) is 1.50. The number of nitriles is 1. The predicted octanol–water partition coefficient (Wildman–Crippen LogP) is 3.53. The van der Waals surface area contributed by atoms with E-state index >= 15 is 0 Å². The van der Waals surface area contributed by atoms with Gasteiger partial charge in [0.1, 0.15) is 17.6 Å². The van der Waals surface area contributed by atoms with Crippen LogP contribution >= 0.6 is 15.9 Å². The summed E-state index contributed by atoms with van der Waals surface area (Å²) >= 11 is 3.12. The van der Waals surface area contributed by atoms with Crippen LogP contribution in [0.3, 0.4) is 0 Å². The summed E-state index contributed by atoms with van der Waals surface area (Å²) in [5, 5.41) is 9.00. The van der Waals surface area contributed by atoms with Crippen LogP contribution in [0.15, 0.2) is 22.7 Å². The fraction of sp³-hybridized carbons (Fsp3) is 0.154. The number of hydrogen-bond donors (Lipinski definition) is 0. The average molecular weight is 306 g/mol. The molecule has 0 saturated heterocycles. The molecule has 0 unspecified atom stereocenters. The molecular weight excluding hydrogens is 297 g/mol. The number of aromatic nitrogens is 2. The lowest BCUT2D eigenvalue weighted by Gasteiger charge is -2.06. The molecule has 5 heteroatoms. The number of hydrogen-bond acceptors (Lipinski definition) is 3. The number of nitrogens with zero attached hydrogens (tertiary/aromatic N) is 3. The minimum Gasteiger partial charge on any atom is -0.233 e. The lowest BCUT2D eigenvalue weighted by Crippen LogP contribution is -2.00. The molecule has 90 valence electrons. The maximum atomic E-state index is 13.2. The van der Waals surface area contributed by atoms with Crippen molar-refractivity contribution in [2.24, 2.45) is 0 Å². The van der Waals surface area contributed by atoms with Gasteiger partial charge in [-0.25, -0.2) is 14.4 Å². The summed E-state index contributed by atoms with van der Waals surface area (Å²) < 4.78 is 13.5. The highest BCUT2D eigenvalue weighted by Crippen LogP contribution is 2.24. The molecule has 3 nitrogen and oxygen atoms in total. The second-order valence-electron chi connectivity index (χ2n) is 3.85. The summed E-state index contributed by atoms with van der Waals surface area (Å²) in [5.74, 6) is 0.0819. The first-order valence-corrected chi connectivity index (χ1v) is 6.03. The first-order valence-electron chi connectivity index (χ1n) is 5.23. The Morgan fingerprint density at radius 3 is 2.61 bits per heavy atom. The van der Waals surface area contributed by atoms with Gasteiger partial charge < -0.3 is 0 Å². The Bertz CT molecular complexity index is 662. The Morgan fingerprint density at radius 2 is 2.00 bits per heavy atom. The Labute approximate surface area is 112 Å². The molecule has 0 bridgehead atoms. The van der Waals surface area contributed by atoms with Gasteiger partial charge in [-0.2, -0.15) is 5.26 Å². The Hall–Kier alpha value is -1.80. The standard InChI is InChI=1S/C13H9BrFN3/c1-7-8(2)17-13(18-12(7)6-16)9-3-4-11(15)10(14)5-9/h3-5H,1-2H3. The van der Waals surface area contributed by atoms with Crippen molar-refractivity contribution < 1.29 is 4.39 Å². The molecule has 1 heterocycles. The third kappa shape index (κ3) is 2.24. The van der Waals surface area contributed by atoms with Gasteiger partial charge in [0.05, 0.1) is 4.47 Å². The molecule has 0 spiro atoms. The van der Waals surface area contributed by atoms with E-state index in [2.05, 4.69) is 25.9 Å². The van der Waals surface area contributed by atoms with E-state index in [4.69, 9.17) is 5.26 Å². The minimum atomic E-state index is -0.344. The zero-order valence-corrected chi connectivity index (χ0v) is 11.4. The second-order valence-corrected chi connectivity index (χ2v) is 4.70. The van der Waals surface area contributed by atoms with Crippen LogP contribution in [0.25, 0.3) is 11.4 Å². The third-order valence-corrected chi connectivity index (χ3v) is 3.28. The van der Waals surface area contributed by atoms with Crippen molar-refractivity contribution >= 4 is 15.9 Å². The van der Waals surface area contributed by atoms with Gasteiger partial charge in [-0.15, -0.1) is 0 Å². The highest BCUT2D eigenvalue weighted by atomic mass is 79.9. The van der Waals surface area contributed by atoms with Gasteiger partial charge in [-0.3, -0.25) is 0 Å². The highest BCUT2D eigenvalue weighted by Gasteiger charge is 2.10. The summed E-state index contributed by atoms with van der Waals surface area (Å²) in [5.41, 5.74) is 2.53. The van der Waals surface area contributed by atoms with Crippen LogP contribution < -0.4 is 0 Å². The van der Waals surface area contributed by atoms with Crippen LogP contribution in [0.5, 0.6) is 0 Å². The van der Waals surface area contributed by atoms with E-state index in [0.717, 1.165) is 11.3 Å². The quantitative estimate of drug-likeness (QED) is 0.810. The second kappa shape index (κ2) is 4.83. The van der Waals surface area contributed by atoms with Crippen LogP contribution in [-0.2, 0) is 0 Å². The zero-order valence-electron chi connectivity index (χ0n) is 9.83. The maximum Gasteiger partial charge on any atom is 0.160 e. The van der Waals surface area contributed by atoms with Gasteiger partial charge in [-0.05, 0) is 48.0 Å². The molecule has 0 amide bonds. The van der Waals surface area contributed by atoms with Gasteiger partial charge in [-0.1, -0.05) is 0 Å². The molecule has 0 fully saturated rings. The molecule has 0 saturated carbocycles. The topological polar surface area (TPSA) is 49.6 Å². The fourth-order valence-corrected chi connectivity index (χ4v) is 1.88. The van der Waals surface area contributed by atoms with Gasteiger partial charge in [0.25, 0.3) is 0 Å². The van der Waals surface area contributed by atoms with Gasteiger partial charge in [0.15, 0.2) is 5.82 Å². The minimum absolute atomic E-state index is 0.344. The van der Waals surface area contributed by atoms with E-state index < -0.39 is 0 Å². The lowest BCUT2D eigenvalue weighted by molar-refractivity contribution is 0.621. The van der Waals surface area contributed by atoms with Crippen LogP contribution in [0.2, 0.25) is 0 Å². The molecule has 2 rings (SSSR count). The molecule has 0 aliphatic heterocycles. The number of halogens is 2. The monoisotopic (exact) mass is 305 g/mol. The number of rotatable bonds is 1. The molecule has 1 aromatic heterocycles. The molecule has 18 heavy (non-hydrogen) atoms. The van der Waals surface area contributed by atoms with E-state index in [1.54, 1.807) is 19.1 Å². The predicted molar refractivity (Wildman–Crippen MR) is 69.3 cm³/mol. The Balaban J connectivity index is 2.61. The van der Waals surface area contributed by atoms with E-state index in [1.807, 2.05) is 13.0 Å². The van der Waals surface area contributed by atoms with Crippen molar-refractivity contribution in [2.45, 2.75) is 13.8 Å². The number of benzene rings is 1. The van der Waals surface area contributed by atoms with Crippen molar-refractivity contribution in [1.82, 2.24) is 9.97 Å². The highest BCUT2D eigenvalue weighted by molar-refractivity contribution is 9.10. The first-order chi connectivity index (χ1) is 8.52. The summed E-state index contributed by atoms with van der Waals surface area (Å²) in [4.78, 5) is 8.49. The average Bonchev–Trinajstić information content (AvgIpc) is 2.36. The van der Waals surface area contributed by atoms with E-state index in [9.17, 15) is 4.39 Å². The Kier molecular flexibility index (Phi) is 3.39. The first kappa shape index (κ1) is 12.7. The van der Waals surface area contributed by atoms with Crippen molar-refractivity contribution in [3.8, 4) is 17.5 Å². The van der Waals surface area contributed by atoms with Crippen LogP contribution in [0.4, 0.5) is 4.39 Å². The molecule has 0 N–H and O–H groups in total. The largest absolute Gasteiger partial charge is 0.233 e. The van der Waals surface area contributed by atoms with Gasteiger partial charge in [0.2, 0.25) is 0 Å². The summed E-state index contributed by atoms with van der Waals surface area (Å²) in [7, 11) is 0. The van der Waals surface area contributed by atoms with Crippen LogP contribution in [-0.4, -0.2) is 9.97 Å². The molecule has 0 aliphatic rings. The normalized spacial score (nSPS) is 10.2. The molecule has 0 aliphatic carbocycles. The molecular formula is C13H9BrFN3. The van der Waals surface area contributed by atoms with Crippen LogP contribution in [0, 0.1) is 31.0 Å². The molecule has 0 radical (unpaired) electrons. The summed E-state index contributed by atoms with van der Waals surface area (Å²) in [6.45, 7) is 3.62. The van der Waals surface area contributed by atoms with Gasteiger partial charge >= 0.3 is 0 Å². The van der Waals surface area contributed by atoms with E-state index in [1.165, 1.54) is 6.07 Å². The van der Waals surface area contributed by atoms with Crippen molar-refractivity contribution in [2.75, 3.05) is 0 Å². The maximum absolute atomic E-state index is 13.2. The van der Waals surface area contributed by atoms with E-state index in [-0.39, 0.29) is 5.82 Å². The zero-order chi connectivity index (χ0) is 13.3. The van der Waals surface area contributed by atoms with Crippen molar-refractivity contribution in [3.63, 3.8) is 0 Å². The molecule has 2 aromatic rings. The summed E-state index contributed by atoms with van der Waals surface area (Å²) in [6, 6.07) is 6.56. The molecule has 0 atom stereocenters.